The van der Waals surface area contributed by atoms with Gasteiger partial charge in [-0.05, 0) is 13.8 Å². The molecule has 4 nitrogen and oxygen atoms in total. The minimum Gasteiger partial charge on any atom is -0.396 e. The van der Waals surface area contributed by atoms with Crippen LogP contribution >= 0.6 is 0 Å². The maximum atomic E-state index is 9.34. The van der Waals surface area contributed by atoms with Crippen LogP contribution in [0.5, 0.6) is 0 Å². The maximum Gasteiger partial charge on any atom is 0.0671 e. The van der Waals surface area contributed by atoms with Gasteiger partial charge in [-0.1, -0.05) is 24.3 Å². The van der Waals surface area contributed by atoms with Gasteiger partial charge < -0.3 is 19.7 Å². The normalized spacial score (nSPS) is 11.5. The molecule has 0 radical (unpaired) electrons. The quantitative estimate of drug-likeness (QED) is 0.566. The fourth-order valence-electron chi connectivity index (χ4n) is 1.16. The van der Waals surface area contributed by atoms with Crippen molar-refractivity contribution in [3.05, 3.63) is 24.3 Å². The lowest BCUT2D eigenvalue weighted by Gasteiger charge is -2.29. The van der Waals surface area contributed by atoms with Gasteiger partial charge in [0.25, 0.3) is 0 Å². The van der Waals surface area contributed by atoms with Gasteiger partial charge in [-0.3, -0.25) is 0 Å². The Balaban J connectivity index is 4.14. The van der Waals surface area contributed by atoms with Crippen molar-refractivity contribution < 1.29 is 19.7 Å². The van der Waals surface area contributed by atoms with E-state index in [2.05, 4.69) is 13.2 Å². The zero-order chi connectivity index (χ0) is 13.3. The topological polar surface area (TPSA) is 58.9 Å². The van der Waals surface area contributed by atoms with Crippen molar-refractivity contribution in [2.24, 2.45) is 5.41 Å². The fraction of sp³-hybridized carbons (Fsp3) is 0.692. The SMILES string of the molecule is C=C(C)COCC(CO)(CO)COCC(=C)C. The molecule has 4 heteroatoms. The van der Waals surface area contributed by atoms with Gasteiger partial charge in [0.1, 0.15) is 0 Å². The van der Waals surface area contributed by atoms with Gasteiger partial charge >= 0.3 is 0 Å². The van der Waals surface area contributed by atoms with Gasteiger partial charge in [-0.25, -0.2) is 0 Å². The third kappa shape index (κ3) is 7.28. The van der Waals surface area contributed by atoms with Gasteiger partial charge in [0.15, 0.2) is 0 Å². The standard InChI is InChI=1S/C13H24O4/c1-11(2)5-16-9-13(7-14,8-15)10-17-6-12(3)4/h14-15H,1,3,5-10H2,2,4H3. The van der Waals surface area contributed by atoms with E-state index in [0.29, 0.717) is 13.2 Å². The Kier molecular flexibility index (Phi) is 8.08. The fourth-order valence-corrected chi connectivity index (χ4v) is 1.16. The molecule has 0 aliphatic heterocycles. The smallest absolute Gasteiger partial charge is 0.0671 e. The Bertz CT molecular complexity index is 222. The molecule has 0 aliphatic carbocycles. The minimum absolute atomic E-state index is 0.185. The molecule has 0 spiro atoms. The predicted octanol–water partition coefficient (Wildman–Crippen LogP) is 1.14. The molecule has 0 aromatic carbocycles. The van der Waals surface area contributed by atoms with Crippen LogP contribution in [0, 0.1) is 5.41 Å². The molecule has 0 bridgehead atoms. The number of hydrogen-bond acceptors (Lipinski definition) is 4. The molecule has 0 fully saturated rings. The Morgan fingerprint density at radius 2 is 1.29 bits per heavy atom. The molecule has 2 N–H and O–H groups in total. The van der Waals surface area contributed by atoms with Crippen LogP contribution in [0.2, 0.25) is 0 Å². The lowest BCUT2D eigenvalue weighted by atomic mass is 9.92. The zero-order valence-corrected chi connectivity index (χ0v) is 10.9. The summed E-state index contributed by atoms with van der Waals surface area (Å²) in [6.45, 7) is 12.1. The third-order valence-electron chi connectivity index (χ3n) is 2.18. The number of hydrogen-bond donors (Lipinski definition) is 2. The monoisotopic (exact) mass is 244 g/mol. The van der Waals surface area contributed by atoms with E-state index in [0.717, 1.165) is 11.1 Å². The van der Waals surface area contributed by atoms with Crippen molar-refractivity contribution in [1.82, 2.24) is 0 Å². The van der Waals surface area contributed by atoms with Crippen LogP contribution in [0.15, 0.2) is 24.3 Å². The van der Waals surface area contributed by atoms with E-state index < -0.39 is 5.41 Å². The van der Waals surface area contributed by atoms with E-state index in [-0.39, 0.29) is 26.4 Å². The summed E-state index contributed by atoms with van der Waals surface area (Å²) in [5.74, 6) is 0. The van der Waals surface area contributed by atoms with E-state index in [1.165, 1.54) is 0 Å². The van der Waals surface area contributed by atoms with Crippen molar-refractivity contribution in [2.45, 2.75) is 13.8 Å². The number of ether oxygens (including phenoxy) is 2. The Labute approximate surface area is 104 Å². The molecule has 0 amide bonds. The summed E-state index contributed by atoms with van der Waals surface area (Å²) >= 11 is 0. The lowest BCUT2D eigenvalue weighted by Crippen LogP contribution is -2.40. The van der Waals surface area contributed by atoms with Crippen LogP contribution in [-0.4, -0.2) is 49.9 Å². The van der Waals surface area contributed by atoms with Crippen molar-refractivity contribution in [3.8, 4) is 0 Å². The second-order valence-corrected chi connectivity index (χ2v) is 4.72. The molecule has 0 rings (SSSR count). The molecular formula is C13H24O4. The van der Waals surface area contributed by atoms with E-state index >= 15 is 0 Å². The van der Waals surface area contributed by atoms with Crippen molar-refractivity contribution in [1.29, 1.82) is 0 Å². The summed E-state index contributed by atoms with van der Waals surface area (Å²) in [5.41, 5.74) is 1.04. The summed E-state index contributed by atoms with van der Waals surface area (Å²) in [7, 11) is 0. The van der Waals surface area contributed by atoms with Crippen LogP contribution in [0.25, 0.3) is 0 Å². The van der Waals surface area contributed by atoms with Crippen molar-refractivity contribution in [3.63, 3.8) is 0 Å². The molecule has 0 aliphatic rings. The number of aliphatic hydroxyl groups excluding tert-OH is 2. The molecule has 0 aromatic heterocycles. The highest BCUT2D eigenvalue weighted by Gasteiger charge is 2.29. The molecular weight excluding hydrogens is 220 g/mol. The molecule has 0 aromatic rings. The molecule has 0 heterocycles. The molecule has 17 heavy (non-hydrogen) atoms. The summed E-state index contributed by atoms with van der Waals surface area (Å²) in [4.78, 5) is 0. The van der Waals surface area contributed by atoms with Gasteiger partial charge in [-0.15, -0.1) is 0 Å². The first-order valence-corrected chi connectivity index (χ1v) is 5.62. The van der Waals surface area contributed by atoms with E-state index in [1.807, 2.05) is 13.8 Å². The van der Waals surface area contributed by atoms with Crippen molar-refractivity contribution in [2.75, 3.05) is 39.6 Å². The van der Waals surface area contributed by atoms with Crippen LogP contribution in [0.4, 0.5) is 0 Å². The zero-order valence-electron chi connectivity index (χ0n) is 10.9. The van der Waals surface area contributed by atoms with Gasteiger partial charge in [0, 0.05) is 0 Å². The first-order valence-electron chi connectivity index (χ1n) is 5.62. The van der Waals surface area contributed by atoms with Gasteiger partial charge in [0.05, 0.1) is 45.1 Å². The third-order valence-corrected chi connectivity index (χ3v) is 2.18. The van der Waals surface area contributed by atoms with Crippen LogP contribution in [0.1, 0.15) is 13.8 Å². The second kappa shape index (κ2) is 8.42. The highest BCUT2D eigenvalue weighted by Crippen LogP contribution is 2.17. The summed E-state index contributed by atoms with van der Waals surface area (Å²) < 4.78 is 10.8. The highest BCUT2D eigenvalue weighted by atomic mass is 16.5. The average Bonchev–Trinajstić information content (AvgIpc) is 2.26. The summed E-state index contributed by atoms with van der Waals surface area (Å²) in [6.07, 6.45) is 0. The summed E-state index contributed by atoms with van der Waals surface area (Å²) in [5, 5.41) is 18.7. The van der Waals surface area contributed by atoms with Gasteiger partial charge in [-0.2, -0.15) is 0 Å². The maximum absolute atomic E-state index is 9.34. The highest BCUT2D eigenvalue weighted by molar-refractivity contribution is 4.89. The van der Waals surface area contributed by atoms with E-state index in [1.54, 1.807) is 0 Å². The largest absolute Gasteiger partial charge is 0.396 e. The van der Waals surface area contributed by atoms with Crippen molar-refractivity contribution >= 4 is 0 Å². The Morgan fingerprint density at radius 1 is 0.941 bits per heavy atom. The Hall–Kier alpha value is -0.680. The summed E-state index contributed by atoms with van der Waals surface area (Å²) in [6, 6.07) is 0. The Morgan fingerprint density at radius 3 is 1.53 bits per heavy atom. The van der Waals surface area contributed by atoms with E-state index in [9.17, 15) is 10.2 Å². The average molecular weight is 244 g/mol. The minimum atomic E-state index is -0.759. The van der Waals surface area contributed by atoms with Crippen LogP contribution in [0.3, 0.4) is 0 Å². The van der Waals surface area contributed by atoms with Gasteiger partial charge in [0.2, 0.25) is 0 Å². The molecule has 0 unspecified atom stereocenters. The lowest BCUT2D eigenvalue weighted by molar-refractivity contribution is -0.0701. The molecule has 0 atom stereocenters. The molecule has 0 saturated carbocycles. The number of rotatable bonds is 10. The molecule has 0 saturated heterocycles. The predicted molar refractivity (Wildman–Crippen MR) is 67.9 cm³/mol. The van der Waals surface area contributed by atoms with Crippen LogP contribution < -0.4 is 0 Å². The van der Waals surface area contributed by atoms with Crippen LogP contribution in [-0.2, 0) is 9.47 Å². The second-order valence-electron chi connectivity index (χ2n) is 4.72. The molecule has 100 valence electrons. The number of aliphatic hydroxyl groups is 2. The first kappa shape index (κ1) is 16.3. The first-order chi connectivity index (χ1) is 7.95. The van der Waals surface area contributed by atoms with E-state index in [4.69, 9.17) is 9.47 Å².